The number of fused-ring (bicyclic) bond motifs is 5. The lowest BCUT2D eigenvalue weighted by Crippen LogP contribution is -2.75. The Morgan fingerprint density at radius 2 is 1.20 bits per heavy atom. The van der Waals surface area contributed by atoms with Gasteiger partial charge in [0.2, 0.25) is 0 Å². The molecule has 85 heavy (non-hydrogen) atoms. The average molecular weight is 1210 g/mol. The van der Waals surface area contributed by atoms with Crippen molar-refractivity contribution < 1.29 is 112 Å². The minimum Gasteiger partial charge on any atom is -0.458 e. The third-order valence-electron chi connectivity index (χ3n) is 20.9. The molecule has 0 amide bonds. The molecule has 1 aromatic rings. The largest absolute Gasteiger partial charge is 0.458 e. The first-order valence-electron chi connectivity index (χ1n) is 30.6. The van der Waals surface area contributed by atoms with Gasteiger partial charge in [0.25, 0.3) is 0 Å². The SMILES string of the molecule is COC1CC(OC2C(O)CC(OC3C(O)CC(OC4CCC5(C)C(=CCC6(O)C5CC(OC(=O)C=Cc5ccccc5)C5(C)C(C(C)=O)CCC65O)C4)OC3C)OC2C)OC(C)C1OC1CC(OC)C(OC2OC(CO)C(O)C(O)C2O)C(C)O1. The molecule has 478 valence electrons. The zero-order valence-electron chi connectivity index (χ0n) is 50.2. The molecule has 1 aromatic carbocycles. The Bertz CT molecular complexity index is 2480. The van der Waals surface area contributed by atoms with Crippen LogP contribution in [-0.2, 0) is 71.2 Å². The van der Waals surface area contributed by atoms with Crippen LogP contribution in [0.3, 0.4) is 0 Å². The number of esters is 1. The van der Waals surface area contributed by atoms with Gasteiger partial charge >= 0.3 is 5.97 Å². The molecule has 0 bridgehead atoms. The number of benzene rings is 1. The summed E-state index contributed by atoms with van der Waals surface area (Å²) in [5.74, 6) is -1.82. The van der Waals surface area contributed by atoms with Gasteiger partial charge in [-0.25, -0.2) is 4.79 Å². The highest BCUT2D eigenvalue weighted by atomic mass is 16.8. The second kappa shape index (κ2) is 26.1. The number of aliphatic hydroxyl groups excluding tert-OH is 6. The van der Waals surface area contributed by atoms with E-state index in [0.29, 0.717) is 25.7 Å². The fraction of sp³-hybridized carbons (Fsp3) is 0.806. The highest BCUT2D eigenvalue weighted by Crippen LogP contribution is 2.70. The van der Waals surface area contributed by atoms with Gasteiger partial charge in [-0.05, 0) is 96.6 Å². The van der Waals surface area contributed by atoms with Crippen LogP contribution in [0.25, 0.3) is 6.08 Å². The van der Waals surface area contributed by atoms with Gasteiger partial charge in [0, 0.05) is 63.2 Å². The molecule has 3 saturated carbocycles. The van der Waals surface area contributed by atoms with E-state index in [4.69, 9.17) is 61.6 Å². The van der Waals surface area contributed by atoms with Gasteiger partial charge in [-0.1, -0.05) is 55.8 Å². The molecule has 5 saturated heterocycles. The molecule has 9 aliphatic rings. The number of rotatable bonds is 17. The van der Waals surface area contributed by atoms with Gasteiger partial charge in [-0.2, -0.15) is 0 Å². The molecule has 8 fully saturated rings. The number of ketones is 1. The number of hydrogen-bond acceptors (Lipinski definition) is 23. The van der Waals surface area contributed by atoms with Crippen molar-refractivity contribution in [1.82, 2.24) is 0 Å². The normalized spacial score (nSPS) is 49.3. The van der Waals surface area contributed by atoms with E-state index in [2.05, 4.69) is 6.92 Å². The Labute approximate surface area is 497 Å². The van der Waals surface area contributed by atoms with E-state index in [0.717, 1.165) is 11.1 Å². The van der Waals surface area contributed by atoms with Crippen LogP contribution in [0.4, 0.5) is 0 Å². The predicted octanol–water partition coefficient (Wildman–Crippen LogP) is 2.64. The van der Waals surface area contributed by atoms with Crippen LogP contribution in [0.1, 0.15) is 125 Å². The Morgan fingerprint density at radius 1 is 0.659 bits per heavy atom. The first kappa shape index (κ1) is 65.0. The first-order chi connectivity index (χ1) is 40.3. The van der Waals surface area contributed by atoms with E-state index in [9.17, 15) is 50.4 Å². The van der Waals surface area contributed by atoms with Crippen LogP contribution in [0, 0.1) is 22.7 Å². The topological polar surface area (TPSA) is 316 Å². The molecule has 0 radical (unpaired) electrons. The summed E-state index contributed by atoms with van der Waals surface area (Å²) in [5.41, 5.74) is -3.26. The smallest absolute Gasteiger partial charge is 0.331 e. The molecule has 4 aliphatic carbocycles. The molecule has 0 spiro atoms. The Balaban J connectivity index is 0.700. The van der Waals surface area contributed by atoms with E-state index in [1.54, 1.807) is 34.0 Å². The number of methoxy groups -OCH3 is 2. The van der Waals surface area contributed by atoms with E-state index in [1.165, 1.54) is 20.1 Å². The van der Waals surface area contributed by atoms with Crippen LogP contribution < -0.4 is 0 Å². The summed E-state index contributed by atoms with van der Waals surface area (Å²) in [5, 5.41) is 89.9. The zero-order valence-corrected chi connectivity index (χ0v) is 50.2. The Hall–Kier alpha value is -2.96. The van der Waals surface area contributed by atoms with Gasteiger partial charge < -0.3 is 102 Å². The van der Waals surface area contributed by atoms with Crippen LogP contribution in [0.2, 0.25) is 0 Å². The third-order valence-corrected chi connectivity index (χ3v) is 20.9. The molecule has 8 N–H and O–H groups in total. The summed E-state index contributed by atoms with van der Waals surface area (Å²) in [6.07, 6.45) is -12.2. The molecule has 10 rings (SSSR count). The average Bonchev–Trinajstić information content (AvgIpc) is 1.67. The van der Waals surface area contributed by atoms with Gasteiger partial charge in [-0.3, -0.25) is 4.79 Å². The molecule has 29 atom stereocenters. The quantitative estimate of drug-likeness (QED) is 0.0631. The number of aliphatic hydroxyl groups is 8. The molecule has 23 heteroatoms. The lowest BCUT2D eigenvalue weighted by atomic mass is 9.43. The highest BCUT2D eigenvalue weighted by molar-refractivity contribution is 5.87. The second-order valence-corrected chi connectivity index (χ2v) is 25.9. The molecule has 23 nitrogen and oxygen atoms in total. The maximum atomic E-state index is 13.6. The van der Waals surface area contributed by atoms with E-state index in [-0.39, 0.29) is 56.8 Å². The number of hydrogen-bond donors (Lipinski definition) is 8. The molecule has 29 unspecified atom stereocenters. The van der Waals surface area contributed by atoms with Crippen molar-refractivity contribution in [1.29, 1.82) is 0 Å². The number of ether oxygens (including phenoxy) is 13. The standard InChI is InChI=1S/C62H92O23/c1-30(64)38-19-22-62(72)60(38,7)45(81-46(67)16-15-35-13-11-10-12-14-35)28-44-59(6)20-18-37(23-36(59)17-21-61(44,62)71)79-47-24-39(65)54(31(2)75-47)82-48-25-40(66)55(32(3)76-48)83-49-26-41(73-8)56(33(4)77-49)84-50-27-42(74-9)57(34(5)78-50)85-58-53(70)52(69)51(68)43(29-63)80-58/h10-17,31-34,37-45,47-58,63,65-66,68-72H,18-29H2,1-9H3. The fourth-order valence-corrected chi connectivity index (χ4v) is 16.2. The molecular formula is C62H92O23. The predicted molar refractivity (Wildman–Crippen MR) is 297 cm³/mol. The highest BCUT2D eigenvalue weighted by Gasteiger charge is 2.77. The van der Waals surface area contributed by atoms with Crippen molar-refractivity contribution in [3.8, 4) is 0 Å². The first-order valence-corrected chi connectivity index (χ1v) is 30.6. The van der Waals surface area contributed by atoms with Gasteiger partial charge in [-0.15, -0.1) is 0 Å². The number of carbonyl (C=O) groups excluding carboxylic acids is 2. The van der Waals surface area contributed by atoms with Crippen molar-refractivity contribution in [2.75, 3.05) is 20.8 Å². The van der Waals surface area contributed by atoms with Gasteiger partial charge in [0.1, 0.15) is 71.9 Å². The third kappa shape index (κ3) is 12.4. The van der Waals surface area contributed by atoms with Gasteiger partial charge in [0.05, 0.1) is 61.5 Å². The van der Waals surface area contributed by atoms with Crippen molar-refractivity contribution in [3.05, 3.63) is 53.6 Å². The summed E-state index contributed by atoms with van der Waals surface area (Å²) in [6.45, 7) is 11.9. The lowest BCUT2D eigenvalue weighted by Gasteiger charge is -2.66. The van der Waals surface area contributed by atoms with E-state index < -0.39 is 182 Å². The van der Waals surface area contributed by atoms with Crippen LogP contribution in [0.5, 0.6) is 0 Å². The molecular weight excluding hydrogens is 1110 g/mol. The van der Waals surface area contributed by atoms with Crippen LogP contribution in [-0.4, -0.2) is 226 Å². The zero-order chi connectivity index (χ0) is 61.1. The second-order valence-electron chi connectivity index (χ2n) is 25.9. The molecule has 5 aliphatic heterocycles. The van der Waals surface area contributed by atoms with Crippen LogP contribution >= 0.6 is 0 Å². The Morgan fingerprint density at radius 3 is 1.75 bits per heavy atom. The van der Waals surface area contributed by atoms with Crippen molar-refractivity contribution in [2.24, 2.45) is 22.7 Å². The van der Waals surface area contributed by atoms with Crippen LogP contribution in [0.15, 0.2) is 48.1 Å². The lowest BCUT2D eigenvalue weighted by molar-refractivity contribution is -0.358. The minimum absolute atomic E-state index is 0.0278. The van der Waals surface area contributed by atoms with Crippen molar-refractivity contribution in [2.45, 2.75) is 272 Å². The summed E-state index contributed by atoms with van der Waals surface area (Å²) in [4.78, 5) is 26.9. The Kier molecular flexibility index (Phi) is 20.0. The maximum Gasteiger partial charge on any atom is 0.331 e. The monoisotopic (exact) mass is 1200 g/mol. The molecule has 0 aromatic heterocycles. The number of Topliss-reactive ketones (excluding diaryl/α,β-unsaturated/α-hetero) is 1. The number of carbonyl (C=O) groups is 2. The summed E-state index contributed by atoms with van der Waals surface area (Å²) in [6, 6.07) is 9.38. The van der Waals surface area contributed by atoms with Crippen molar-refractivity contribution in [3.63, 3.8) is 0 Å². The van der Waals surface area contributed by atoms with Crippen molar-refractivity contribution >= 4 is 17.8 Å². The summed E-state index contributed by atoms with van der Waals surface area (Å²) >= 11 is 0. The minimum atomic E-state index is -1.72. The summed E-state index contributed by atoms with van der Waals surface area (Å²) in [7, 11) is 3.05. The molecule has 5 heterocycles. The van der Waals surface area contributed by atoms with E-state index >= 15 is 0 Å². The summed E-state index contributed by atoms with van der Waals surface area (Å²) < 4.78 is 80.7. The fourth-order valence-electron chi connectivity index (χ4n) is 16.2. The van der Waals surface area contributed by atoms with Gasteiger partial charge in [0.15, 0.2) is 31.5 Å². The maximum absolute atomic E-state index is 13.6. The van der Waals surface area contributed by atoms with E-state index in [1.807, 2.05) is 50.3 Å².